The molecule has 0 saturated heterocycles. The van der Waals surface area contributed by atoms with Crippen LogP contribution in [0.1, 0.15) is 40.0 Å². The van der Waals surface area contributed by atoms with Gasteiger partial charge in [0.1, 0.15) is 0 Å². The van der Waals surface area contributed by atoms with Crippen LogP contribution in [0, 0.1) is 23.7 Å². The molecule has 14 heavy (non-hydrogen) atoms. The lowest BCUT2D eigenvalue weighted by molar-refractivity contribution is 0.0127. The van der Waals surface area contributed by atoms with Crippen molar-refractivity contribution in [3.63, 3.8) is 0 Å². The third-order valence-corrected chi connectivity index (χ3v) is 4.28. The highest BCUT2D eigenvalue weighted by atomic mass is 16.3. The van der Waals surface area contributed by atoms with Gasteiger partial charge >= 0.3 is 0 Å². The van der Waals surface area contributed by atoms with Crippen LogP contribution in [0.5, 0.6) is 0 Å². The summed E-state index contributed by atoms with van der Waals surface area (Å²) in [5.41, 5.74) is -0.508. The van der Waals surface area contributed by atoms with Crippen LogP contribution in [0.25, 0.3) is 0 Å². The maximum Gasteiger partial charge on any atom is 0.0617 e. The molecule has 0 aromatic rings. The quantitative estimate of drug-likeness (QED) is 0.685. The third kappa shape index (κ3) is 1.88. The second-order valence-electron chi connectivity index (χ2n) is 5.83. The summed E-state index contributed by atoms with van der Waals surface area (Å²) in [5.74, 6) is 2.94. The molecule has 2 rings (SSSR count). The fourth-order valence-corrected chi connectivity index (χ4v) is 2.91. The van der Waals surface area contributed by atoms with Crippen molar-refractivity contribution in [2.24, 2.45) is 23.7 Å². The first kappa shape index (κ1) is 10.2. The smallest absolute Gasteiger partial charge is 0.0617 e. The van der Waals surface area contributed by atoms with Crippen LogP contribution in [0.3, 0.4) is 0 Å². The van der Waals surface area contributed by atoms with Gasteiger partial charge in [-0.05, 0) is 56.8 Å². The van der Waals surface area contributed by atoms with Gasteiger partial charge in [0, 0.05) is 0 Å². The van der Waals surface area contributed by atoms with Gasteiger partial charge in [0.25, 0.3) is 0 Å². The van der Waals surface area contributed by atoms with Gasteiger partial charge in [-0.2, -0.15) is 0 Å². The minimum atomic E-state index is -0.508. The second-order valence-corrected chi connectivity index (χ2v) is 5.83. The topological polar surface area (TPSA) is 20.2 Å². The monoisotopic (exact) mass is 194 g/mol. The van der Waals surface area contributed by atoms with E-state index in [1.807, 2.05) is 13.8 Å². The molecule has 0 aliphatic heterocycles. The average molecular weight is 194 g/mol. The Kier molecular flexibility index (Phi) is 2.46. The maximum absolute atomic E-state index is 9.90. The van der Waals surface area contributed by atoms with E-state index in [1.165, 1.54) is 19.3 Å². The minimum absolute atomic E-state index is 0.417. The van der Waals surface area contributed by atoms with Crippen molar-refractivity contribution in [3.05, 3.63) is 12.2 Å². The summed E-state index contributed by atoms with van der Waals surface area (Å²) in [6.07, 6.45) is 8.71. The summed E-state index contributed by atoms with van der Waals surface area (Å²) in [6, 6.07) is 0. The van der Waals surface area contributed by atoms with Gasteiger partial charge in [-0.25, -0.2) is 0 Å². The molecular formula is C13H22O. The number of hydrogen-bond donors (Lipinski definition) is 1. The van der Waals surface area contributed by atoms with E-state index in [2.05, 4.69) is 19.1 Å². The fourth-order valence-electron chi connectivity index (χ4n) is 2.91. The number of hydrogen-bond acceptors (Lipinski definition) is 1. The third-order valence-electron chi connectivity index (χ3n) is 4.28. The Morgan fingerprint density at radius 2 is 2.07 bits per heavy atom. The van der Waals surface area contributed by atoms with Crippen LogP contribution in [0.15, 0.2) is 12.2 Å². The predicted octanol–water partition coefficient (Wildman–Crippen LogP) is 3.00. The SMILES string of the molecule is CC(CC1CC2C=CC1C2)C(C)(C)O. The van der Waals surface area contributed by atoms with E-state index in [4.69, 9.17) is 0 Å². The molecular weight excluding hydrogens is 172 g/mol. The Morgan fingerprint density at radius 1 is 1.36 bits per heavy atom. The lowest BCUT2D eigenvalue weighted by Gasteiger charge is -2.30. The molecule has 4 unspecified atom stereocenters. The molecule has 0 heterocycles. The number of allylic oxidation sites excluding steroid dienone is 2. The molecule has 2 aliphatic carbocycles. The van der Waals surface area contributed by atoms with Crippen LogP contribution in [0.2, 0.25) is 0 Å². The zero-order chi connectivity index (χ0) is 10.3. The summed E-state index contributed by atoms with van der Waals surface area (Å²) in [5, 5.41) is 9.90. The summed E-state index contributed by atoms with van der Waals surface area (Å²) in [6.45, 7) is 6.04. The Bertz CT molecular complexity index is 236. The van der Waals surface area contributed by atoms with Crippen molar-refractivity contribution in [3.8, 4) is 0 Å². The molecule has 0 aromatic heterocycles. The van der Waals surface area contributed by atoms with E-state index in [0.29, 0.717) is 5.92 Å². The molecule has 2 aliphatic rings. The molecule has 4 atom stereocenters. The summed E-state index contributed by atoms with van der Waals surface area (Å²) < 4.78 is 0. The highest BCUT2D eigenvalue weighted by Gasteiger charge is 2.37. The van der Waals surface area contributed by atoms with Gasteiger partial charge in [0.15, 0.2) is 0 Å². The van der Waals surface area contributed by atoms with E-state index < -0.39 is 5.60 Å². The predicted molar refractivity (Wildman–Crippen MR) is 58.9 cm³/mol. The molecule has 1 saturated carbocycles. The summed E-state index contributed by atoms with van der Waals surface area (Å²) in [4.78, 5) is 0. The first-order valence-electron chi connectivity index (χ1n) is 5.87. The van der Waals surface area contributed by atoms with Gasteiger partial charge in [0.05, 0.1) is 5.60 Å². The minimum Gasteiger partial charge on any atom is -0.390 e. The average Bonchev–Trinajstić information content (AvgIpc) is 2.62. The van der Waals surface area contributed by atoms with Crippen LogP contribution in [-0.2, 0) is 0 Å². The van der Waals surface area contributed by atoms with Crippen molar-refractivity contribution in [1.29, 1.82) is 0 Å². The zero-order valence-corrected chi connectivity index (χ0v) is 9.53. The highest BCUT2D eigenvalue weighted by molar-refractivity contribution is 5.10. The van der Waals surface area contributed by atoms with Crippen molar-refractivity contribution >= 4 is 0 Å². The van der Waals surface area contributed by atoms with E-state index in [9.17, 15) is 5.11 Å². The molecule has 1 nitrogen and oxygen atoms in total. The molecule has 1 N–H and O–H groups in total. The van der Waals surface area contributed by atoms with Gasteiger partial charge in [-0.3, -0.25) is 0 Å². The van der Waals surface area contributed by atoms with Gasteiger partial charge in [-0.1, -0.05) is 19.1 Å². The Balaban J connectivity index is 1.90. The highest BCUT2D eigenvalue weighted by Crippen LogP contribution is 2.46. The second kappa shape index (κ2) is 3.37. The van der Waals surface area contributed by atoms with E-state index >= 15 is 0 Å². The van der Waals surface area contributed by atoms with E-state index in [0.717, 1.165) is 17.8 Å². The van der Waals surface area contributed by atoms with Crippen molar-refractivity contribution in [2.45, 2.75) is 45.6 Å². The first-order valence-corrected chi connectivity index (χ1v) is 5.87. The summed E-state index contributed by atoms with van der Waals surface area (Å²) in [7, 11) is 0. The van der Waals surface area contributed by atoms with Crippen molar-refractivity contribution in [1.82, 2.24) is 0 Å². The maximum atomic E-state index is 9.90. The molecule has 0 radical (unpaired) electrons. The Morgan fingerprint density at radius 3 is 2.50 bits per heavy atom. The van der Waals surface area contributed by atoms with Crippen LogP contribution < -0.4 is 0 Å². The molecule has 0 amide bonds. The van der Waals surface area contributed by atoms with Gasteiger partial charge in [0.2, 0.25) is 0 Å². The Labute approximate surface area is 87.2 Å². The van der Waals surface area contributed by atoms with Crippen LogP contribution >= 0.6 is 0 Å². The molecule has 1 heteroatoms. The number of rotatable bonds is 3. The number of fused-ring (bicyclic) bond motifs is 2. The van der Waals surface area contributed by atoms with Crippen LogP contribution in [-0.4, -0.2) is 10.7 Å². The number of aliphatic hydroxyl groups is 1. The lowest BCUT2D eigenvalue weighted by atomic mass is 9.80. The van der Waals surface area contributed by atoms with E-state index in [-0.39, 0.29) is 0 Å². The molecule has 80 valence electrons. The summed E-state index contributed by atoms with van der Waals surface area (Å²) >= 11 is 0. The molecule has 0 aromatic carbocycles. The van der Waals surface area contributed by atoms with Crippen molar-refractivity contribution < 1.29 is 5.11 Å². The molecule has 1 fully saturated rings. The first-order chi connectivity index (χ1) is 6.47. The lowest BCUT2D eigenvalue weighted by Crippen LogP contribution is -2.30. The van der Waals surface area contributed by atoms with E-state index in [1.54, 1.807) is 0 Å². The van der Waals surface area contributed by atoms with Crippen molar-refractivity contribution in [2.75, 3.05) is 0 Å². The van der Waals surface area contributed by atoms with Gasteiger partial charge < -0.3 is 5.11 Å². The normalized spacial score (nSPS) is 37.9. The molecule has 2 bridgehead atoms. The Hall–Kier alpha value is -0.300. The molecule has 0 spiro atoms. The standard InChI is InChI=1S/C13H22O/c1-9(13(2,3)14)6-12-8-10-4-5-11(12)7-10/h4-5,9-12,14H,6-8H2,1-3H3. The zero-order valence-electron chi connectivity index (χ0n) is 9.53. The van der Waals surface area contributed by atoms with Crippen LogP contribution in [0.4, 0.5) is 0 Å². The van der Waals surface area contributed by atoms with Gasteiger partial charge in [-0.15, -0.1) is 0 Å². The fraction of sp³-hybridized carbons (Fsp3) is 0.846. The largest absolute Gasteiger partial charge is 0.390 e.